The molecule has 0 N–H and O–H groups in total. The van der Waals surface area contributed by atoms with Crippen molar-refractivity contribution >= 4 is 29.2 Å². The topological polar surface area (TPSA) is 35.5 Å². The second kappa shape index (κ2) is 6.67. The molecule has 0 radical (unpaired) electrons. The molecule has 94 valence electrons. The van der Waals surface area contributed by atoms with Crippen LogP contribution in [0, 0.1) is 5.82 Å². The zero-order valence-electron chi connectivity index (χ0n) is 9.13. The molecule has 0 aliphatic heterocycles. The largest absolute Gasteiger partial charge is 0.479 e. The van der Waals surface area contributed by atoms with Gasteiger partial charge in [-0.1, -0.05) is 17.7 Å². The van der Waals surface area contributed by atoms with Crippen LogP contribution in [0.25, 0.3) is 0 Å². The lowest BCUT2D eigenvalue weighted by molar-refractivity contribution is -0.145. The van der Waals surface area contributed by atoms with Gasteiger partial charge in [-0.15, -0.1) is 11.6 Å². The van der Waals surface area contributed by atoms with Crippen molar-refractivity contribution in [3.05, 3.63) is 28.5 Å². The number of hydrogen-bond donors (Lipinski definition) is 0. The Hall–Kier alpha value is -1.000. The van der Waals surface area contributed by atoms with Gasteiger partial charge >= 0.3 is 5.97 Å². The standard InChI is InChI=1S/C11H11Cl2FO3/c1-2-16-9(15)6-17-8-4-3-7(5-12)10(13)11(8)14/h3-4H,2,5-6H2,1H3. The SMILES string of the molecule is CCOC(=O)COc1ccc(CCl)c(Cl)c1F. The molecule has 1 aromatic rings. The maximum atomic E-state index is 13.6. The molecule has 3 nitrogen and oxygen atoms in total. The number of ether oxygens (including phenoxy) is 2. The van der Waals surface area contributed by atoms with Gasteiger partial charge in [0.15, 0.2) is 18.2 Å². The van der Waals surface area contributed by atoms with E-state index in [1.807, 2.05) is 0 Å². The van der Waals surface area contributed by atoms with E-state index >= 15 is 0 Å². The van der Waals surface area contributed by atoms with E-state index in [0.29, 0.717) is 5.56 Å². The lowest BCUT2D eigenvalue weighted by Gasteiger charge is -2.09. The highest BCUT2D eigenvalue weighted by atomic mass is 35.5. The van der Waals surface area contributed by atoms with Gasteiger partial charge in [-0.05, 0) is 18.6 Å². The van der Waals surface area contributed by atoms with Gasteiger partial charge < -0.3 is 9.47 Å². The van der Waals surface area contributed by atoms with Gasteiger partial charge in [0.05, 0.1) is 11.6 Å². The van der Waals surface area contributed by atoms with Gasteiger partial charge in [0.1, 0.15) is 0 Å². The van der Waals surface area contributed by atoms with Gasteiger partial charge in [-0.2, -0.15) is 0 Å². The highest BCUT2D eigenvalue weighted by Crippen LogP contribution is 2.29. The van der Waals surface area contributed by atoms with Crippen molar-refractivity contribution in [1.29, 1.82) is 0 Å². The molecular formula is C11H11Cl2FO3. The highest BCUT2D eigenvalue weighted by Gasteiger charge is 2.13. The van der Waals surface area contributed by atoms with Gasteiger partial charge in [-0.25, -0.2) is 9.18 Å². The third kappa shape index (κ3) is 3.75. The molecule has 0 fully saturated rings. The summed E-state index contributed by atoms with van der Waals surface area (Å²) in [6.07, 6.45) is 0. The van der Waals surface area contributed by atoms with E-state index in [1.165, 1.54) is 6.07 Å². The summed E-state index contributed by atoms with van der Waals surface area (Å²) in [5, 5.41) is -0.0960. The minimum absolute atomic E-state index is 0.0960. The smallest absolute Gasteiger partial charge is 0.344 e. The van der Waals surface area contributed by atoms with E-state index in [-0.39, 0.29) is 29.9 Å². The van der Waals surface area contributed by atoms with E-state index in [1.54, 1.807) is 13.0 Å². The molecule has 6 heteroatoms. The van der Waals surface area contributed by atoms with Crippen molar-refractivity contribution in [1.82, 2.24) is 0 Å². The zero-order chi connectivity index (χ0) is 12.8. The van der Waals surface area contributed by atoms with Crippen molar-refractivity contribution in [3.8, 4) is 5.75 Å². The maximum absolute atomic E-state index is 13.6. The zero-order valence-corrected chi connectivity index (χ0v) is 10.6. The van der Waals surface area contributed by atoms with Crippen LogP contribution >= 0.6 is 23.2 Å². The number of esters is 1. The van der Waals surface area contributed by atoms with Crippen LogP contribution in [0.1, 0.15) is 12.5 Å². The third-order valence-electron chi connectivity index (χ3n) is 1.92. The van der Waals surface area contributed by atoms with E-state index in [2.05, 4.69) is 4.74 Å². The number of carbonyl (C=O) groups is 1. The molecule has 0 heterocycles. The van der Waals surface area contributed by atoms with Crippen molar-refractivity contribution < 1.29 is 18.7 Å². The first-order chi connectivity index (χ1) is 8.10. The van der Waals surface area contributed by atoms with Crippen LogP contribution in [0.3, 0.4) is 0 Å². The molecule has 0 saturated carbocycles. The fourth-order valence-corrected chi connectivity index (χ4v) is 1.64. The lowest BCUT2D eigenvalue weighted by atomic mass is 10.2. The summed E-state index contributed by atoms with van der Waals surface area (Å²) in [6, 6.07) is 2.91. The summed E-state index contributed by atoms with van der Waals surface area (Å²) >= 11 is 11.3. The predicted molar refractivity (Wildman–Crippen MR) is 63.1 cm³/mol. The molecule has 0 spiro atoms. The fraction of sp³-hybridized carbons (Fsp3) is 0.364. The summed E-state index contributed by atoms with van der Waals surface area (Å²) in [6.45, 7) is 1.56. The normalized spacial score (nSPS) is 10.1. The molecule has 0 amide bonds. The summed E-state index contributed by atoms with van der Waals surface area (Å²) in [7, 11) is 0. The number of carbonyl (C=O) groups excluding carboxylic acids is 1. The van der Waals surface area contributed by atoms with Crippen LogP contribution in [-0.2, 0) is 15.4 Å². The van der Waals surface area contributed by atoms with Gasteiger partial charge in [0.25, 0.3) is 0 Å². The van der Waals surface area contributed by atoms with E-state index in [9.17, 15) is 9.18 Å². The first-order valence-corrected chi connectivity index (χ1v) is 5.82. The van der Waals surface area contributed by atoms with Gasteiger partial charge in [0, 0.05) is 5.88 Å². The molecular weight excluding hydrogens is 270 g/mol. The van der Waals surface area contributed by atoms with Crippen LogP contribution in [0.2, 0.25) is 5.02 Å². The van der Waals surface area contributed by atoms with Crippen LogP contribution in [0.15, 0.2) is 12.1 Å². The quantitative estimate of drug-likeness (QED) is 0.614. The minimum atomic E-state index is -0.728. The molecule has 0 aromatic heterocycles. The maximum Gasteiger partial charge on any atom is 0.344 e. The summed E-state index contributed by atoms with van der Waals surface area (Å²) in [5.74, 6) is -1.29. The number of benzene rings is 1. The van der Waals surface area contributed by atoms with Crippen molar-refractivity contribution in [2.24, 2.45) is 0 Å². The number of hydrogen-bond acceptors (Lipinski definition) is 3. The van der Waals surface area contributed by atoms with E-state index in [4.69, 9.17) is 27.9 Å². The molecule has 0 aliphatic rings. The van der Waals surface area contributed by atoms with Gasteiger partial charge in [-0.3, -0.25) is 0 Å². The Morgan fingerprint density at radius 3 is 2.76 bits per heavy atom. The molecule has 0 bridgehead atoms. The number of rotatable bonds is 5. The van der Waals surface area contributed by atoms with Gasteiger partial charge in [0.2, 0.25) is 0 Å². The fourth-order valence-electron chi connectivity index (χ4n) is 1.13. The Labute approximate surface area is 108 Å². The second-order valence-corrected chi connectivity index (χ2v) is 3.72. The Kier molecular flexibility index (Phi) is 5.51. The highest BCUT2D eigenvalue weighted by molar-refractivity contribution is 6.32. The van der Waals surface area contributed by atoms with Crippen LogP contribution < -0.4 is 4.74 Å². The predicted octanol–water partition coefficient (Wildman–Crippen LogP) is 3.16. The molecule has 0 atom stereocenters. The summed E-state index contributed by atoms with van der Waals surface area (Å²) in [4.78, 5) is 11.0. The Balaban J connectivity index is 2.73. The summed E-state index contributed by atoms with van der Waals surface area (Å²) in [5.41, 5.74) is 0.467. The monoisotopic (exact) mass is 280 g/mol. The summed E-state index contributed by atoms with van der Waals surface area (Å²) < 4.78 is 23.2. The molecule has 17 heavy (non-hydrogen) atoms. The average Bonchev–Trinajstić information content (AvgIpc) is 2.31. The molecule has 0 saturated heterocycles. The average molecular weight is 281 g/mol. The van der Waals surface area contributed by atoms with Crippen molar-refractivity contribution in [3.63, 3.8) is 0 Å². The van der Waals surface area contributed by atoms with Crippen molar-refractivity contribution in [2.75, 3.05) is 13.2 Å². The Bertz CT molecular complexity index is 410. The lowest BCUT2D eigenvalue weighted by Crippen LogP contribution is -2.15. The Morgan fingerprint density at radius 2 is 2.18 bits per heavy atom. The first-order valence-electron chi connectivity index (χ1n) is 4.91. The third-order valence-corrected chi connectivity index (χ3v) is 2.62. The van der Waals surface area contributed by atoms with Crippen LogP contribution in [0.5, 0.6) is 5.75 Å². The van der Waals surface area contributed by atoms with Crippen LogP contribution in [0.4, 0.5) is 4.39 Å². The minimum Gasteiger partial charge on any atom is -0.479 e. The molecule has 1 aromatic carbocycles. The molecule has 0 aliphatic carbocycles. The number of halogens is 3. The Morgan fingerprint density at radius 1 is 1.47 bits per heavy atom. The van der Waals surface area contributed by atoms with Crippen molar-refractivity contribution in [2.45, 2.75) is 12.8 Å². The first kappa shape index (κ1) is 14.1. The van der Waals surface area contributed by atoms with E-state index < -0.39 is 11.8 Å². The molecule has 1 rings (SSSR count). The number of alkyl halides is 1. The van der Waals surface area contributed by atoms with Crippen LogP contribution in [-0.4, -0.2) is 19.2 Å². The second-order valence-electron chi connectivity index (χ2n) is 3.08. The molecule has 0 unspecified atom stereocenters. The van der Waals surface area contributed by atoms with E-state index in [0.717, 1.165) is 0 Å².